The second-order valence-corrected chi connectivity index (χ2v) is 16.5. The molecule has 0 bridgehead atoms. The molecule has 0 saturated heterocycles. The fraction of sp³-hybridized carbons (Fsp3) is 0.0566. The normalized spacial score (nSPS) is 17.1. The summed E-state index contributed by atoms with van der Waals surface area (Å²) in [5.74, 6) is 0.992. The molecule has 6 nitrogen and oxygen atoms in total. The summed E-state index contributed by atoms with van der Waals surface area (Å²) in [6, 6.07) is 56.8. The highest BCUT2D eigenvalue weighted by molar-refractivity contribution is 7.69. The van der Waals surface area contributed by atoms with Gasteiger partial charge in [0.2, 0.25) is 0 Å². The van der Waals surface area contributed by atoms with Gasteiger partial charge in [0.05, 0.1) is 11.4 Å². The third-order valence-corrected chi connectivity index (χ3v) is 13.1. The lowest BCUT2D eigenvalue weighted by Gasteiger charge is -2.31. The van der Waals surface area contributed by atoms with Gasteiger partial charge in [-0.25, -0.2) is 9.98 Å². The second-order valence-electron chi connectivity index (χ2n) is 14.5. The lowest BCUT2D eigenvalue weighted by Crippen LogP contribution is -2.26. The van der Waals surface area contributed by atoms with E-state index in [-0.39, 0.29) is 0 Å². The molecule has 6 aromatic rings. The first kappa shape index (κ1) is 38.3. The van der Waals surface area contributed by atoms with E-state index in [1.165, 1.54) is 27.9 Å². The van der Waals surface area contributed by atoms with Crippen molar-refractivity contribution in [3.63, 3.8) is 0 Å². The number of fused-ring (bicyclic) bond motifs is 2. The van der Waals surface area contributed by atoms with Crippen molar-refractivity contribution in [2.24, 2.45) is 15.7 Å². The van der Waals surface area contributed by atoms with E-state index in [0.717, 1.165) is 52.2 Å². The van der Waals surface area contributed by atoms with Gasteiger partial charge in [0, 0.05) is 45.6 Å². The zero-order valence-corrected chi connectivity index (χ0v) is 34.2. The maximum Gasteiger partial charge on any atom is 0.158 e. The number of benzene rings is 6. The van der Waals surface area contributed by atoms with E-state index in [9.17, 15) is 0 Å². The van der Waals surface area contributed by atoms with E-state index >= 15 is 0 Å². The molecule has 3 aliphatic rings. The van der Waals surface area contributed by atoms with Gasteiger partial charge in [0.1, 0.15) is 20.7 Å². The van der Waals surface area contributed by atoms with Crippen LogP contribution in [0.5, 0.6) is 0 Å². The smallest absolute Gasteiger partial charge is 0.158 e. The van der Waals surface area contributed by atoms with Crippen LogP contribution in [0.1, 0.15) is 28.7 Å². The maximum atomic E-state index is 6.65. The van der Waals surface area contributed by atoms with Crippen molar-refractivity contribution < 1.29 is 0 Å². The van der Waals surface area contributed by atoms with Crippen LogP contribution in [0.3, 0.4) is 0 Å². The molecule has 6 aromatic carbocycles. The van der Waals surface area contributed by atoms with Crippen molar-refractivity contribution in [2.75, 3.05) is 20.9 Å². The standard InChI is InChI=1S/C53H45N6P/c1-2-40(33-35-47-37-44-25-19-20-32-49(44)58(47)45-26-13-3-4-14-27-45)43-34-36-50-51(38-43)57(60(48-30-17-8-18-31-48)59(50)46-28-15-7-16-29-46)39-55-53(42-23-11-6-12-24-42)56-52(54)41-21-9-5-10-22-41/h2-13,15-36,38H,1,14,37,39H2,(H2,54,55,56)/b40-33+,47-35+. The molecule has 1 atom stereocenters. The van der Waals surface area contributed by atoms with E-state index in [1.54, 1.807) is 0 Å². The fourth-order valence-corrected chi connectivity index (χ4v) is 10.3. The van der Waals surface area contributed by atoms with Crippen molar-refractivity contribution >= 4 is 53.5 Å². The molecule has 292 valence electrons. The number of para-hydroxylation sites is 2. The Hall–Kier alpha value is -7.27. The van der Waals surface area contributed by atoms with Crippen LogP contribution >= 0.6 is 8.22 Å². The number of hydrogen-bond donors (Lipinski definition) is 1. The number of nitrogens with zero attached hydrogens (tertiary/aromatic N) is 5. The summed E-state index contributed by atoms with van der Waals surface area (Å²) in [6.45, 7) is 4.66. The molecule has 2 N–H and O–H groups in total. The average molecular weight is 797 g/mol. The van der Waals surface area contributed by atoms with Crippen LogP contribution < -0.4 is 25.3 Å². The molecule has 0 spiro atoms. The van der Waals surface area contributed by atoms with Crippen LogP contribution in [-0.4, -0.2) is 18.3 Å². The Morgan fingerprint density at radius 2 is 1.38 bits per heavy atom. The minimum Gasteiger partial charge on any atom is -0.383 e. The molecule has 0 saturated carbocycles. The number of allylic oxidation sites excluding steroid dienone is 10. The van der Waals surface area contributed by atoms with Crippen molar-refractivity contribution in [3.05, 3.63) is 253 Å². The number of amidine groups is 2. The van der Waals surface area contributed by atoms with E-state index in [2.05, 4.69) is 166 Å². The maximum absolute atomic E-state index is 6.65. The van der Waals surface area contributed by atoms with Gasteiger partial charge in [-0.3, -0.25) is 4.67 Å². The molecule has 0 radical (unpaired) electrons. The minimum atomic E-state index is -1.13. The largest absolute Gasteiger partial charge is 0.383 e. The van der Waals surface area contributed by atoms with Gasteiger partial charge in [-0.15, -0.1) is 0 Å². The number of rotatable bonds is 10. The van der Waals surface area contributed by atoms with Gasteiger partial charge in [-0.05, 0) is 65.6 Å². The third-order valence-electron chi connectivity index (χ3n) is 10.7. The van der Waals surface area contributed by atoms with Gasteiger partial charge in [0.15, 0.2) is 5.84 Å². The Labute approximate surface area is 354 Å². The summed E-state index contributed by atoms with van der Waals surface area (Å²) in [5.41, 5.74) is 18.8. The molecule has 60 heavy (non-hydrogen) atoms. The highest BCUT2D eigenvalue weighted by Gasteiger charge is 2.39. The average Bonchev–Trinajstić information content (AvgIpc) is 3.70. The quantitative estimate of drug-likeness (QED) is 0.0649. The number of nitrogens with two attached hydrogens (primary N) is 1. The number of hydrogen-bond acceptors (Lipinski definition) is 4. The first-order valence-electron chi connectivity index (χ1n) is 20.2. The van der Waals surface area contributed by atoms with E-state index in [1.807, 2.05) is 66.7 Å². The predicted octanol–water partition coefficient (Wildman–Crippen LogP) is 12.0. The van der Waals surface area contributed by atoms with Crippen molar-refractivity contribution in [1.29, 1.82) is 0 Å². The van der Waals surface area contributed by atoms with Crippen molar-refractivity contribution in [2.45, 2.75) is 12.8 Å². The van der Waals surface area contributed by atoms with Crippen LogP contribution in [0, 0.1) is 0 Å². The lowest BCUT2D eigenvalue weighted by atomic mass is 10.0. The Morgan fingerprint density at radius 3 is 2.13 bits per heavy atom. The molecular weight excluding hydrogens is 752 g/mol. The molecule has 2 heterocycles. The molecule has 1 aliphatic carbocycles. The molecule has 0 amide bonds. The molecule has 9 rings (SSSR count). The van der Waals surface area contributed by atoms with Gasteiger partial charge < -0.3 is 15.3 Å². The van der Waals surface area contributed by atoms with Crippen LogP contribution in [0.15, 0.2) is 240 Å². The first-order chi connectivity index (χ1) is 29.7. The molecule has 2 aliphatic heterocycles. The van der Waals surface area contributed by atoms with Gasteiger partial charge in [0.25, 0.3) is 0 Å². The van der Waals surface area contributed by atoms with E-state index in [4.69, 9.17) is 15.7 Å². The Kier molecular flexibility index (Phi) is 11.3. The van der Waals surface area contributed by atoms with Crippen LogP contribution in [0.2, 0.25) is 0 Å². The van der Waals surface area contributed by atoms with Crippen molar-refractivity contribution in [1.82, 2.24) is 0 Å². The summed E-state index contributed by atoms with van der Waals surface area (Å²) in [5, 5.41) is 1.21. The molecule has 1 unspecified atom stereocenters. The zero-order valence-electron chi connectivity index (χ0n) is 33.3. The highest BCUT2D eigenvalue weighted by atomic mass is 31.1. The zero-order chi connectivity index (χ0) is 40.7. The van der Waals surface area contributed by atoms with Gasteiger partial charge in [-0.2, -0.15) is 0 Å². The first-order valence-corrected chi connectivity index (χ1v) is 21.5. The number of aliphatic imine (C=N–C) groups is 2. The van der Waals surface area contributed by atoms with Crippen molar-refractivity contribution in [3.8, 4) is 0 Å². The minimum absolute atomic E-state index is 0.345. The number of anilines is 4. The highest BCUT2D eigenvalue weighted by Crippen LogP contribution is 2.62. The fourth-order valence-electron chi connectivity index (χ4n) is 7.82. The summed E-state index contributed by atoms with van der Waals surface area (Å²) in [7, 11) is -1.13. The topological polar surface area (TPSA) is 60.5 Å². The monoisotopic (exact) mass is 796 g/mol. The van der Waals surface area contributed by atoms with E-state index in [0.29, 0.717) is 18.3 Å². The van der Waals surface area contributed by atoms with E-state index < -0.39 is 8.22 Å². The van der Waals surface area contributed by atoms with Gasteiger partial charge >= 0.3 is 0 Å². The van der Waals surface area contributed by atoms with Crippen LogP contribution in [-0.2, 0) is 6.42 Å². The second kappa shape index (κ2) is 17.7. The SMILES string of the molecule is C=C/C(=C\C=C1/Cc2ccccc2N1C1=CCC=CC=C1)c1ccc2c(c1)N(C/N=C(\N=C(/N)c1ccccc1)c1ccccc1)P(c1ccccc1)N2c1ccccc1. The Morgan fingerprint density at radius 1 is 0.700 bits per heavy atom. The van der Waals surface area contributed by atoms with Crippen LogP contribution in [0.25, 0.3) is 5.57 Å². The van der Waals surface area contributed by atoms with Gasteiger partial charge in [-0.1, -0.05) is 176 Å². The summed E-state index contributed by atoms with van der Waals surface area (Å²) < 4.78 is 4.90. The predicted molar refractivity (Wildman–Crippen MR) is 255 cm³/mol. The summed E-state index contributed by atoms with van der Waals surface area (Å²) in [4.78, 5) is 12.7. The lowest BCUT2D eigenvalue weighted by molar-refractivity contribution is 1.05. The summed E-state index contributed by atoms with van der Waals surface area (Å²) in [6.07, 6.45) is 19.1. The van der Waals surface area contributed by atoms with Crippen LogP contribution in [0.4, 0.5) is 22.7 Å². The molecule has 0 fully saturated rings. The molecule has 7 heteroatoms. The summed E-state index contributed by atoms with van der Waals surface area (Å²) >= 11 is 0. The Bertz CT molecular complexity index is 2710. The molecule has 0 aromatic heterocycles. The third kappa shape index (κ3) is 7.94. The Balaban J connectivity index is 1.16. The molecular formula is C53H45N6P.